The van der Waals surface area contributed by atoms with Crippen LogP contribution in [0.2, 0.25) is 5.02 Å². The molecule has 19 heavy (non-hydrogen) atoms. The molecule has 0 saturated heterocycles. The average molecular weight is 300 g/mol. The Bertz CT molecular complexity index is 590. The van der Waals surface area contributed by atoms with Gasteiger partial charge in [-0.25, -0.2) is 8.78 Å². The van der Waals surface area contributed by atoms with Crippen molar-refractivity contribution in [3.63, 3.8) is 0 Å². The molecule has 0 amide bonds. The Morgan fingerprint density at radius 2 is 1.89 bits per heavy atom. The van der Waals surface area contributed by atoms with E-state index in [1.807, 2.05) is 12.1 Å². The molecule has 0 fully saturated rings. The maximum Gasteiger partial charge on any atom is 0.159 e. The molecule has 0 spiro atoms. The van der Waals surface area contributed by atoms with Crippen LogP contribution in [0.1, 0.15) is 5.56 Å². The van der Waals surface area contributed by atoms with Gasteiger partial charge in [-0.3, -0.25) is 0 Å². The topological polar surface area (TPSA) is 26.0 Å². The summed E-state index contributed by atoms with van der Waals surface area (Å²) in [5.74, 6) is -1.72. The van der Waals surface area contributed by atoms with Crippen molar-refractivity contribution < 1.29 is 8.78 Å². The maximum absolute atomic E-state index is 13.2. The monoisotopic (exact) mass is 299 g/mol. The molecule has 0 aliphatic heterocycles. The van der Waals surface area contributed by atoms with Crippen molar-refractivity contribution in [2.45, 2.75) is 16.2 Å². The van der Waals surface area contributed by atoms with Crippen LogP contribution in [0.25, 0.3) is 0 Å². The molecule has 0 aliphatic rings. The van der Waals surface area contributed by atoms with Gasteiger partial charge in [0.1, 0.15) is 0 Å². The molecule has 2 N–H and O–H groups in total. The third-order valence-electron chi connectivity index (χ3n) is 2.57. The van der Waals surface area contributed by atoms with Crippen LogP contribution in [0.3, 0.4) is 0 Å². The van der Waals surface area contributed by atoms with Crippen LogP contribution in [0.15, 0.2) is 46.2 Å². The van der Waals surface area contributed by atoms with Gasteiger partial charge >= 0.3 is 0 Å². The second-order valence-electron chi connectivity index (χ2n) is 3.94. The van der Waals surface area contributed by atoms with Gasteiger partial charge in [-0.1, -0.05) is 35.5 Å². The normalized spacial score (nSPS) is 10.7. The first-order valence-corrected chi connectivity index (χ1v) is 6.91. The number of nitrogens with two attached hydrogens (primary N) is 1. The molecule has 2 aromatic carbocycles. The van der Waals surface area contributed by atoms with Crippen molar-refractivity contribution in [1.29, 1.82) is 0 Å². The molecule has 0 atom stereocenters. The molecule has 100 valence electrons. The molecule has 2 aromatic rings. The highest BCUT2D eigenvalue weighted by atomic mass is 35.5. The van der Waals surface area contributed by atoms with Crippen LogP contribution in [0.5, 0.6) is 0 Å². The fourth-order valence-corrected chi connectivity index (χ4v) is 2.99. The number of hydrogen-bond acceptors (Lipinski definition) is 2. The van der Waals surface area contributed by atoms with E-state index in [1.54, 1.807) is 6.07 Å². The third kappa shape index (κ3) is 3.47. The quantitative estimate of drug-likeness (QED) is 0.912. The number of rotatable bonds is 4. The van der Waals surface area contributed by atoms with Gasteiger partial charge in [0.05, 0.1) is 5.02 Å². The van der Waals surface area contributed by atoms with Crippen molar-refractivity contribution in [3.8, 4) is 0 Å². The lowest BCUT2D eigenvalue weighted by molar-refractivity contribution is 0.506. The minimum atomic E-state index is -0.863. The molecule has 0 heterocycles. The van der Waals surface area contributed by atoms with E-state index in [0.29, 0.717) is 22.9 Å². The first-order chi connectivity index (χ1) is 9.11. The molecule has 0 aliphatic carbocycles. The standard InChI is InChI=1S/C14H12ClF2NS/c15-11-3-1-2-9(6-7-18)14(11)19-10-4-5-12(16)13(17)8-10/h1-5,8H,6-7,18H2. The van der Waals surface area contributed by atoms with Crippen molar-refractivity contribution in [2.75, 3.05) is 6.54 Å². The van der Waals surface area contributed by atoms with Crippen molar-refractivity contribution in [3.05, 3.63) is 58.6 Å². The lowest BCUT2D eigenvalue weighted by atomic mass is 10.1. The van der Waals surface area contributed by atoms with Crippen molar-refractivity contribution in [1.82, 2.24) is 0 Å². The Morgan fingerprint density at radius 3 is 2.58 bits per heavy atom. The zero-order valence-electron chi connectivity index (χ0n) is 10.00. The van der Waals surface area contributed by atoms with E-state index >= 15 is 0 Å². The second-order valence-corrected chi connectivity index (χ2v) is 5.44. The number of benzene rings is 2. The summed E-state index contributed by atoms with van der Waals surface area (Å²) < 4.78 is 26.1. The Balaban J connectivity index is 2.34. The summed E-state index contributed by atoms with van der Waals surface area (Å²) in [6.45, 7) is 0.506. The van der Waals surface area contributed by atoms with Gasteiger partial charge in [0.25, 0.3) is 0 Å². The highest BCUT2D eigenvalue weighted by Gasteiger charge is 2.10. The van der Waals surface area contributed by atoms with E-state index in [9.17, 15) is 8.78 Å². The van der Waals surface area contributed by atoms with Crippen molar-refractivity contribution >= 4 is 23.4 Å². The van der Waals surface area contributed by atoms with Crippen LogP contribution >= 0.6 is 23.4 Å². The van der Waals surface area contributed by atoms with Gasteiger partial charge in [-0.05, 0) is 42.8 Å². The van der Waals surface area contributed by atoms with Crippen LogP contribution in [0.4, 0.5) is 8.78 Å². The van der Waals surface area contributed by atoms with E-state index in [0.717, 1.165) is 22.6 Å². The van der Waals surface area contributed by atoms with Gasteiger partial charge in [0.15, 0.2) is 11.6 Å². The van der Waals surface area contributed by atoms with E-state index in [4.69, 9.17) is 17.3 Å². The zero-order valence-corrected chi connectivity index (χ0v) is 11.6. The van der Waals surface area contributed by atoms with E-state index < -0.39 is 11.6 Å². The molecule has 0 saturated carbocycles. The van der Waals surface area contributed by atoms with Crippen molar-refractivity contribution in [2.24, 2.45) is 5.73 Å². The lowest BCUT2D eigenvalue weighted by Gasteiger charge is -2.10. The summed E-state index contributed by atoms with van der Waals surface area (Å²) in [6, 6.07) is 9.35. The molecule has 0 bridgehead atoms. The Hall–Kier alpha value is -1.10. The summed E-state index contributed by atoms with van der Waals surface area (Å²) in [7, 11) is 0. The fraction of sp³-hybridized carbons (Fsp3) is 0.143. The van der Waals surface area contributed by atoms with Gasteiger partial charge < -0.3 is 5.73 Å². The van der Waals surface area contributed by atoms with E-state index in [1.165, 1.54) is 17.8 Å². The molecule has 2 rings (SSSR count). The Morgan fingerprint density at radius 1 is 1.11 bits per heavy atom. The van der Waals surface area contributed by atoms with Crippen LogP contribution < -0.4 is 5.73 Å². The van der Waals surface area contributed by atoms with Crippen LogP contribution in [0, 0.1) is 11.6 Å². The highest BCUT2D eigenvalue weighted by Crippen LogP contribution is 2.36. The molecular formula is C14H12ClF2NS. The smallest absolute Gasteiger partial charge is 0.159 e. The summed E-state index contributed by atoms with van der Waals surface area (Å²) in [5.41, 5.74) is 6.56. The summed E-state index contributed by atoms with van der Waals surface area (Å²) in [5, 5.41) is 0.584. The van der Waals surface area contributed by atoms with E-state index in [-0.39, 0.29) is 0 Å². The summed E-state index contributed by atoms with van der Waals surface area (Å²) in [6.07, 6.45) is 0.687. The van der Waals surface area contributed by atoms with Gasteiger partial charge in [0, 0.05) is 9.79 Å². The predicted molar refractivity (Wildman–Crippen MR) is 74.7 cm³/mol. The minimum Gasteiger partial charge on any atom is -0.330 e. The Kier molecular flexibility index (Phi) is 4.80. The van der Waals surface area contributed by atoms with Crippen LogP contribution in [-0.2, 0) is 6.42 Å². The minimum absolute atomic E-state index is 0.506. The zero-order chi connectivity index (χ0) is 13.8. The predicted octanol–water partition coefficient (Wildman–Crippen LogP) is 4.27. The first-order valence-electron chi connectivity index (χ1n) is 5.72. The largest absolute Gasteiger partial charge is 0.330 e. The van der Waals surface area contributed by atoms with Crippen LogP contribution in [-0.4, -0.2) is 6.54 Å². The average Bonchev–Trinajstić information content (AvgIpc) is 2.38. The summed E-state index contributed by atoms with van der Waals surface area (Å²) in [4.78, 5) is 1.44. The first kappa shape index (κ1) is 14.3. The van der Waals surface area contributed by atoms with Gasteiger partial charge in [0.2, 0.25) is 0 Å². The summed E-state index contributed by atoms with van der Waals surface area (Å²) >= 11 is 7.47. The fourth-order valence-electron chi connectivity index (χ4n) is 1.68. The number of hydrogen-bond donors (Lipinski definition) is 1. The molecule has 1 nitrogen and oxygen atoms in total. The molecule has 0 aromatic heterocycles. The molecule has 0 radical (unpaired) electrons. The SMILES string of the molecule is NCCc1cccc(Cl)c1Sc1ccc(F)c(F)c1. The lowest BCUT2D eigenvalue weighted by Crippen LogP contribution is -2.03. The van der Waals surface area contributed by atoms with Gasteiger partial charge in [-0.15, -0.1) is 0 Å². The molecule has 5 heteroatoms. The Labute approximate surface area is 119 Å². The molecule has 0 unspecified atom stereocenters. The molecular weight excluding hydrogens is 288 g/mol. The highest BCUT2D eigenvalue weighted by molar-refractivity contribution is 7.99. The van der Waals surface area contributed by atoms with E-state index in [2.05, 4.69) is 0 Å². The van der Waals surface area contributed by atoms with Gasteiger partial charge in [-0.2, -0.15) is 0 Å². The number of halogens is 3. The maximum atomic E-state index is 13.2. The second kappa shape index (κ2) is 6.37. The third-order valence-corrected chi connectivity index (χ3v) is 4.18.